The van der Waals surface area contributed by atoms with E-state index in [-0.39, 0.29) is 28.0 Å². The van der Waals surface area contributed by atoms with Gasteiger partial charge in [-0.25, -0.2) is 4.79 Å². The SMILES string of the molecule is CCCOC(=O)c1c(NC(=O)C(C)n2ncc(Br)c2C)sc(C(N)=O)c1C. The summed E-state index contributed by atoms with van der Waals surface area (Å²) in [4.78, 5) is 37.0. The Morgan fingerprint density at radius 1 is 1.41 bits per heavy atom. The molecule has 0 spiro atoms. The van der Waals surface area contributed by atoms with Gasteiger partial charge in [0.1, 0.15) is 11.0 Å². The first-order valence-electron chi connectivity index (χ1n) is 8.29. The summed E-state index contributed by atoms with van der Waals surface area (Å²) in [6, 6.07) is -0.629. The first-order chi connectivity index (χ1) is 12.7. The third-order valence-electron chi connectivity index (χ3n) is 3.98. The molecule has 0 saturated carbocycles. The van der Waals surface area contributed by atoms with Crippen molar-refractivity contribution in [1.82, 2.24) is 9.78 Å². The predicted molar refractivity (Wildman–Crippen MR) is 106 cm³/mol. The van der Waals surface area contributed by atoms with Crippen molar-refractivity contribution in [2.24, 2.45) is 5.73 Å². The summed E-state index contributed by atoms with van der Waals surface area (Å²) >= 11 is 4.32. The Bertz CT molecular complexity index is 890. The fraction of sp³-hybridized carbons (Fsp3) is 0.412. The molecule has 0 radical (unpaired) electrons. The predicted octanol–water partition coefficient (Wildman–Crippen LogP) is 3.19. The van der Waals surface area contributed by atoms with Crippen LogP contribution in [0.3, 0.4) is 0 Å². The molecule has 146 valence electrons. The maximum atomic E-state index is 12.7. The number of thiophene rings is 1. The number of nitrogens with one attached hydrogen (secondary N) is 1. The van der Waals surface area contributed by atoms with Crippen LogP contribution < -0.4 is 11.1 Å². The molecule has 2 aromatic rings. The van der Waals surface area contributed by atoms with Gasteiger partial charge >= 0.3 is 5.97 Å². The number of hydrogen-bond acceptors (Lipinski definition) is 6. The molecule has 3 N–H and O–H groups in total. The van der Waals surface area contributed by atoms with Crippen LogP contribution >= 0.6 is 27.3 Å². The molecule has 8 nitrogen and oxygen atoms in total. The summed E-state index contributed by atoms with van der Waals surface area (Å²) in [5.74, 6) is -1.64. The highest BCUT2D eigenvalue weighted by molar-refractivity contribution is 9.10. The number of ether oxygens (including phenoxy) is 1. The first kappa shape index (κ1) is 21.1. The average Bonchev–Trinajstić information content (AvgIpc) is 3.12. The largest absolute Gasteiger partial charge is 0.462 e. The summed E-state index contributed by atoms with van der Waals surface area (Å²) in [7, 11) is 0. The number of hydrogen-bond donors (Lipinski definition) is 2. The van der Waals surface area contributed by atoms with Gasteiger partial charge in [0.2, 0.25) is 5.91 Å². The summed E-state index contributed by atoms with van der Waals surface area (Å²) in [5, 5.41) is 7.13. The molecule has 2 aromatic heterocycles. The third kappa shape index (κ3) is 4.38. The van der Waals surface area contributed by atoms with Crippen molar-refractivity contribution in [2.75, 3.05) is 11.9 Å². The first-order valence-corrected chi connectivity index (χ1v) is 9.90. The second-order valence-corrected chi connectivity index (χ2v) is 7.82. The fourth-order valence-electron chi connectivity index (χ4n) is 2.47. The zero-order valence-corrected chi connectivity index (χ0v) is 17.9. The second kappa shape index (κ2) is 8.66. The number of primary amides is 1. The number of amides is 2. The van der Waals surface area contributed by atoms with E-state index in [1.54, 1.807) is 24.7 Å². The zero-order chi connectivity index (χ0) is 20.3. The normalized spacial score (nSPS) is 11.9. The molecular formula is C17H21BrN4O4S. The molecule has 1 unspecified atom stereocenters. The lowest BCUT2D eigenvalue weighted by Crippen LogP contribution is -2.25. The van der Waals surface area contributed by atoms with Crippen LogP contribution in [0.15, 0.2) is 10.7 Å². The van der Waals surface area contributed by atoms with Crippen molar-refractivity contribution in [3.05, 3.63) is 32.4 Å². The van der Waals surface area contributed by atoms with Gasteiger partial charge in [0.25, 0.3) is 5.91 Å². The van der Waals surface area contributed by atoms with Crippen LogP contribution in [0.25, 0.3) is 0 Å². The minimum Gasteiger partial charge on any atom is -0.462 e. The Hall–Kier alpha value is -2.20. The highest BCUT2D eigenvalue weighted by Gasteiger charge is 2.27. The van der Waals surface area contributed by atoms with Gasteiger partial charge in [-0.05, 0) is 48.7 Å². The van der Waals surface area contributed by atoms with E-state index in [2.05, 4.69) is 26.3 Å². The Kier molecular flexibility index (Phi) is 6.77. The number of carbonyl (C=O) groups is 3. The number of rotatable bonds is 7. The van der Waals surface area contributed by atoms with Crippen LogP contribution in [0.2, 0.25) is 0 Å². The fourth-order valence-corrected chi connectivity index (χ4v) is 3.79. The minimum absolute atomic E-state index is 0.154. The van der Waals surface area contributed by atoms with Crippen LogP contribution in [0.5, 0.6) is 0 Å². The van der Waals surface area contributed by atoms with Crippen LogP contribution in [-0.2, 0) is 9.53 Å². The number of aromatic nitrogens is 2. The lowest BCUT2D eigenvalue weighted by atomic mass is 10.1. The molecule has 2 rings (SSSR count). The maximum Gasteiger partial charge on any atom is 0.341 e. The van der Waals surface area contributed by atoms with E-state index < -0.39 is 17.9 Å². The van der Waals surface area contributed by atoms with Crippen molar-refractivity contribution in [3.8, 4) is 0 Å². The molecule has 0 aliphatic rings. The lowest BCUT2D eigenvalue weighted by Gasteiger charge is -2.14. The van der Waals surface area contributed by atoms with Gasteiger partial charge in [-0.2, -0.15) is 5.10 Å². The van der Waals surface area contributed by atoms with Gasteiger partial charge < -0.3 is 15.8 Å². The van der Waals surface area contributed by atoms with E-state index in [1.165, 1.54) is 0 Å². The van der Waals surface area contributed by atoms with Gasteiger partial charge in [-0.3, -0.25) is 14.3 Å². The molecule has 10 heteroatoms. The topological polar surface area (TPSA) is 116 Å². The molecule has 2 heterocycles. The van der Waals surface area contributed by atoms with Crippen molar-refractivity contribution < 1.29 is 19.1 Å². The summed E-state index contributed by atoms with van der Waals surface area (Å²) in [6.07, 6.45) is 2.26. The van der Waals surface area contributed by atoms with Gasteiger partial charge in [-0.15, -0.1) is 11.3 Å². The molecule has 27 heavy (non-hydrogen) atoms. The molecule has 0 aromatic carbocycles. The van der Waals surface area contributed by atoms with Crippen LogP contribution in [-0.4, -0.2) is 34.2 Å². The van der Waals surface area contributed by atoms with Crippen LogP contribution in [0.1, 0.15) is 57.6 Å². The van der Waals surface area contributed by atoms with Crippen LogP contribution in [0, 0.1) is 13.8 Å². The summed E-state index contributed by atoms with van der Waals surface area (Å²) in [6.45, 7) is 7.23. The number of nitrogens with two attached hydrogens (primary N) is 1. The van der Waals surface area contributed by atoms with E-state index in [0.717, 1.165) is 21.5 Å². The third-order valence-corrected chi connectivity index (χ3v) is 5.98. The second-order valence-electron chi connectivity index (χ2n) is 5.95. The molecule has 0 fully saturated rings. The Morgan fingerprint density at radius 3 is 2.59 bits per heavy atom. The van der Waals surface area contributed by atoms with Gasteiger partial charge in [-0.1, -0.05) is 6.92 Å². The number of halogens is 1. The molecular weight excluding hydrogens is 436 g/mol. The molecule has 2 amide bonds. The zero-order valence-electron chi connectivity index (χ0n) is 15.5. The van der Waals surface area contributed by atoms with E-state index in [9.17, 15) is 14.4 Å². The number of nitrogens with zero attached hydrogens (tertiary/aromatic N) is 2. The standard InChI is InChI=1S/C17H21BrN4O4S/c1-5-6-26-17(25)12-8(2)13(14(19)23)27-16(12)21-15(24)10(4)22-9(3)11(18)7-20-22/h7,10H,5-6H2,1-4H3,(H2,19,23)(H,21,24). The quantitative estimate of drug-likeness (QED) is 0.620. The monoisotopic (exact) mass is 456 g/mol. The van der Waals surface area contributed by atoms with E-state index in [1.807, 2.05) is 13.8 Å². The van der Waals surface area contributed by atoms with Crippen LogP contribution in [0.4, 0.5) is 5.00 Å². The van der Waals surface area contributed by atoms with E-state index >= 15 is 0 Å². The average molecular weight is 457 g/mol. The molecule has 0 saturated heterocycles. The Labute approximate surface area is 169 Å². The Morgan fingerprint density at radius 2 is 2.07 bits per heavy atom. The molecule has 0 bridgehead atoms. The molecule has 0 aliphatic carbocycles. The smallest absolute Gasteiger partial charge is 0.341 e. The Balaban J connectivity index is 2.35. The number of esters is 1. The minimum atomic E-state index is -0.664. The number of carbonyl (C=O) groups excluding carboxylic acids is 3. The van der Waals surface area contributed by atoms with Gasteiger partial charge in [0.05, 0.1) is 33.4 Å². The number of anilines is 1. The molecule has 1 atom stereocenters. The van der Waals surface area contributed by atoms with E-state index in [0.29, 0.717) is 12.0 Å². The van der Waals surface area contributed by atoms with Crippen molar-refractivity contribution >= 4 is 50.1 Å². The van der Waals surface area contributed by atoms with Crippen molar-refractivity contribution in [3.63, 3.8) is 0 Å². The highest BCUT2D eigenvalue weighted by Crippen LogP contribution is 2.34. The lowest BCUT2D eigenvalue weighted by molar-refractivity contribution is -0.119. The maximum absolute atomic E-state index is 12.7. The van der Waals surface area contributed by atoms with Crippen molar-refractivity contribution in [1.29, 1.82) is 0 Å². The van der Waals surface area contributed by atoms with Crippen molar-refractivity contribution in [2.45, 2.75) is 40.2 Å². The summed E-state index contributed by atoms with van der Waals surface area (Å²) in [5.41, 5.74) is 6.73. The highest BCUT2D eigenvalue weighted by atomic mass is 79.9. The van der Waals surface area contributed by atoms with E-state index in [4.69, 9.17) is 10.5 Å². The summed E-state index contributed by atoms with van der Waals surface area (Å²) < 4.78 is 7.53. The van der Waals surface area contributed by atoms with Gasteiger partial charge in [0.15, 0.2) is 0 Å². The van der Waals surface area contributed by atoms with Gasteiger partial charge in [0, 0.05) is 0 Å². The molecule has 0 aliphatic heterocycles.